The highest BCUT2D eigenvalue weighted by atomic mass is 19.4. The van der Waals surface area contributed by atoms with E-state index in [0.717, 1.165) is 0 Å². The number of ether oxygens (including phenoxy) is 2. The second-order valence-electron chi connectivity index (χ2n) is 14.3. The number of alkyl carbamates (subject to hydrolysis) is 1. The molecule has 0 spiro atoms. The van der Waals surface area contributed by atoms with Gasteiger partial charge in [0.25, 0.3) is 0 Å². The minimum atomic E-state index is -4.81. The quantitative estimate of drug-likeness (QED) is 0.232. The van der Waals surface area contributed by atoms with E-state index in [4.69, 9.17) is 9.47 Å². The van der Waals surface area contributed by atoms with E-state index in [1.165, 1.54) is 18.9 Å². The average molecular weight is 679 g/mol. The summed E-state index contributed by atoms with van der Waals surface area (Å²) in [6, 6.07) is 3.34. The number of fused-ring (bicyclic) bond motifs is 1. The van der Waals surface area contributed by atoms with Crippen LogP contribution in [0.5, 0.6) is 11.6 Å². The van der Waals surface area contributed by atoms with Gasteiger partial charge in [-0.05, 0) is 75.3 Å². The Kier molecular flexibility index (Phi) is 11.5. The molecule has 266 valence electrons. The number of halogens is 3. The second-order valence-corrected chi connectivity index (χ2v) is 14.3. The third-order valence-electron chi connectivity index (χ3n) is 10.0. The Morgan fingerprint density at radius 1 is 1.10 bits per heavy atom. The van der Waals surface area contributed by atoms with Crippen molar-refractivity contribution in [3.05, 3.63) is 23.9 Å². The van der Waals surface area contributed by atoms with Crippen LogP contribution in [0.4, 0.5) is 18.0 Å². The maximum Gasteiger partial charge on any atom is 0.428 e. The van der Waals surface area contributed by atoms with Crippen molar-refractivity contribution in [1.29, 1.82) is 0 Å². The number of nitrogens with zero attached hydrogens (tertiary/aromatic N) is 3. The number of nitrogens with one attached hydrogen (secondary N) is 1. The highest BCUT2D eigenvalue weighted by Crippen LogP contribution is 2.51. The molecule has 13 heteroatoms. The lowest BCUT2D eigenvalue weighted by Crippen LogP contribution is -2.59. The number of unbranched alkanes of at least 4 members (excludes halogenated alkanes) is 2. The number of aromatic nitrogens is 2. The summed E-state index contributed by atoms with van der Waals surface area (Å²) in [5.41, 5.74) is -2.04. The molecule has 2 N–H and O–H groups in total. The van der Waals surface area contributed by atoms with Gasteiger partial charge in [0, 0.05) is 18.5 Å². The van der Waals surface area contributed by atoms with Gasteiger partial charge < -0.3 is 24.8 Å². The Hall–Kier alpha value is -3.64. The third kappa shape index (κ3) is 7.97. The van der Waals surface area contributed by atoms with E-state index in [9.17, 15) is 32.7 Å². The molecule has 2 amide bonds. The summed E-state index contributed by atoms with van der Waals surface area (Å²) in [7, 11) is 1.53. The first-order valence-electron chi connectivity index (χ1n) is 16.9. The van der Waals surface area contributed by atoms with Crippen LogP contribution in [-0.4, -0.2) is 75.3 Å². The molecule has 1 unspecified atom stereocenters. The number of benzene rings is 1. The number of likely N-dealkylation sites (tertiary alicyclic amines) is 1. The number of hydrogen-bond acceptors (Lipinski definition) is 8. The van der Waals surface area contributed by atoms with Crippen LogP contribution in [0.25, 0.3) is 11.0 Å². The van der Waals surface area contributed by atoms with E-state index in [1.807, 2.05) is 6.92 Å². The molecule has 1 aliphatic carbocycles. The van der Waals surface area contributed by atoms with Gasteiger partial charge in [-0.1, -0.05) is 47.0 Å². The van der Waals surface area contributed by atoms with Crippen LogP contribution >= 0.6 is 0 Å². The molecular weight excluding hydrogens is 629 g/mol. The molecule has 1 aromatic heterocycles. The lowest BCUT2D eigenvalue weighted by atomic mass is 9.85. The van der Waals surface area contributed by atoms with Gasteiger partial charge >= 0.3 is 12.3 Å². The van der Waals surface area contributed by atoms with Crippen molar-refractivity contribution in [3.8, 4) is 11.6 Å². The summed E-state index contributed by atoms with van der Waals surface area (Å²) in [5, 5.41) is 12.9. The second kappa shape index (κ2) is 14.9. The normalized spacial score (nSPS) is 23.7. The maximum absolute atomic E-state index is 14.8. The zero-order chi connectivity index (χ0) is 35.4. The Balaban J connectivity index is 1.40. The van der Waals surface area contributed by atoms with E-state index in [0.29, 0.717) is 67.5 Å². The van der Waals surface area contributed by atoms with Gasteiger partial charge in [0.15, 0.2) is 5.78 Å². The maximum atomic E-state index is 14.8. The minimum absolute atomic E-state index is 0.0115. The highest BCUT2D eigenvalue weighted by molar-refractivity contribution is 5.92. The number of methoxy groups -OCH3 is 1. The monoisotopic (exact) mass is 678 g/mol. The standard InChI is InChI=1S/C35H49F3N4O6/c1-7-22-17-19-42(28(22)21(2)43)31(45)29(33(3,4)5)41-32(46)48-34(35(36,37)38)18-11-13-23(34)12-9-8-10-14-26-30(44)40-27-20-24(47-6)15-16-25(27)39-26/h15-16,20,22-23,28-29H,7-14,17-19H2,1-6H3,(H,40,44)(H,41,46)/t22-,23-,28-,29?,34-/m1/s1. The first-order valence-corrected chi connectivity index (χ1v) is 16.9. The van der Waals surface area contributed by atoms with Gasteiger partial charge in [0.1, 0.15) is 17.5 Å². The highest BCUT2D eigenvalue weighted by Gasteiger charge is 2.64. The van der Waals surface area contributed by atoms with Crippen molar-refractivity contribution in [1.82, 2.24) is 20.2 Å². The van der Waals surface area contributed by atoms with Crippen LogP contribution in [-0.2, 0) is 20.7 Å². The van der Waals surface area contributed by atoms with Crippen molar-refractivity contribution < 1.29 is 42.1 Å². The van der Waals surface area contributed by atoms with Crippen LogP contribution in [0.2, 0.25) is 0 Å². The van der Waals surface area contributed by atoms with Gasteiger partial charge in [-0.3, -0.25) is 9.59 Å². The number of Topliss-reactive ketones (excluding diaryl/α,β-unsaturated/α-hetero) is 1. The molecule has 10 nitrogen and oxygen atoms in total. The predicted octanol–water partition coefficient (Wildman–Crippen LogP) is 6.91. The zero-order valence-electron chi connectivity index (χ0n) is 28.8. The molecular formula is C35H49F3N4O6. The van der Waals surface area contributed by atoms with Crippen molar-refractivity contribution in [3.63, 3.8) is 0 Å². The molecule has 2 fully saturated rings. The van der Waals surface area contributed by atoms with E-state index in [-0.39, 0.29) is 43.3 Å². The number of hydrogen-bond donors (Lipinski definition) is 2. The SMILES string of the molecule is CC[C@@H]1CCN(C(=O)C(NC(=O)O[C@]2(C(F)(F)F)CCC[C@H]2CCCCCc2nc3ccc(OC)cc3nc2O)C(C)(C)C)[C@@H]1C(C)=O. The Bertz CT molecular complexity index is 1480. The van der Waals surface area contributed by atoms with Crippen molar-refractivity contribution >= 4 is 28.8 Å². The van der Waals surface area contributed by atoms with Gasteiger partial charge in [-0.15, -0.1) is 0 Å². The predicted molar refractivity (Wildman–Crippen MR) is 173 cm³/mol. The fourth-order valence-electron chi connectivity index (χ4n) is 7.42. The number of amides is 2. The van der Waals surface area contributed by atoms with Crippen molar-refractivity contribution in [2.75, 3.05) is 13.7 Å². The Labute approximate surface area is 280 Å². The molecule has 1 saturated heterocycles. The minimum Gasteiger partial charge on any atom is -0.497 e. The van der Waals surface area contributed by atoms with Crippen LogP contribution in [0.15, 0.2) is 18.2 Å². The molecule has 1 aromatic carbocycles. The summed E-state index contributed by atoms with van der Waals surface area (Å²) in [6.45, 7) is 8.85. The number of aryl methyl sites for hydroxylation is 1. The van der Waals surface area contributed by atoms with Crippen LogP contribution in [0.3, 0.4) is 0 Å². The molecule has 2 aliphatic rings. The molecule has 1 aliphatic heterocycles. The Morgan fingerprint density at radius 2 is 1.83 bits per heavy atom. The van der Waals surface area contributed by atoms with Gasteiger partial charge in [0.05, 0.1) is 24.2 Å². The van der Waals surface area contributed by atoms with E-state index in [2.05, 4.69) is 15.3 Å². The molecule has 2 aromatic rings. The van der Waals surface area contributed by atoms with Crippen LogP contribution in [0.1, 0.15) is 98.1 Å². The molecule has 1 saturated carbocycles. The van der Waals surface area contributed by atoms with E-state index in [1.54, 1.807) is 39.0 Å². The van der Waals surface area contributed by atoms with E-state index < -0.39 is 47.2 Å². The molecule has 4 rings (SSSR count). The lowest BCUT2D eigenvalue weighted by molar-refractivity contribution is -0.271. The topological polar surface area (TPSA) is 131 Å². The van der Waals surface area contributed by atoms with E-state index >= 15 is 0 Å². The fourth-order valence-corrected chi connectivity index (χ4v) is 7.42. The molecule has 0 radical (unpaired) electrons. The lowest BCUT2D eigenvalue weighted by Gasteiger charge is -2.39. The number of carbonyl (C=O) groups excluding carboxylic acids is 3. The zero-order valence-corrected chi connectivity index (χ0v) is 28.8. The van der Waals surface area contributed by atoms with Crippen molar-refractivity contribution in [2.45, 2.75) is 123 Å². The third-order valence-corrected chi connectivity index (χ3v) is 10.0. The summed E-state index contributed by atoms with van der Waals surface area (Å²) in [4.78, 5) is 49.7. The molecule has 2 heterocycles. The smallest absolute Gasteiger partial charge is 0.428 e. The van der Waals surface area contributed by atoms with Crippen LogP contribution in [0, 0.1) is 17.3 Å². The largest absolute Gasteiger partial charge is 0.497 e. The fraction of sp³-hybridized carbons (Fsp3) is 0.686. The summed E-state index contributed by atoms with van der Waals surface area (Å²) in [6.07, 6.45) is -2.43. The van der Waals surface area contributed by atoms with Gasteiger partial charge in [0.2, 0.25) is 17.4 Å². The molecule has 5 atom stereocenters. The summed E-state index contributed by atoms with van der Waals surface area (Å²) in [5.74, 6) is -1.22. The van der Waals surface area contributed by atoms with Gasteiger partial charge in [-0.25, -0.2) is 14.8 Å². The number of alkyl halides is 3. The number of aromatic hydroxyl groups is 1. The molecule has 0 bridgehead atoms. The average Bonchev–Trinajstić information content (AvgIpc) is 3.63. The Morgan fingerprint density at radius 3 is 2.46 bits per heavy atom. The number of ketones is 1. The summed E-state index contributed by atoms with van der Waals surface area (Å²) >= 11 is 0. The summed E-state index contributed by atoms with van der Waals surface area (Å²) < 4.78 is 54.9. The molecule has 48 heavy (non-hydrogen) atoms. The first-order chi connectivity index (χ1) is 22.5. The number of carbonyl (C=O) groups is 3. The van der Waals surface area contributed by atoms with Gasteiger partial charge in [-0.2, -0.15) is 13.2 Å². The van der Waals surface area contributed by atoms with Crippen LogP contribution < -0.4 is 10.1 Å². The van der Waals surface area contributed by atoms with Crippen molar-refractivity contribution in [2.24, 2.45) is 17.3 Å². The first kappa shape index (κ1) is 37.2. The number of rotatable bonds is 12.